The Hall–Kier alpha value is -1.65. The Labute approximate surface area is 139 Å². The normalized spacial score (nSPS) is 17.5. The Bertz CT molecular complexity index is 554. The number of ether oxygens (including phenoxy) is 2. The first-order valence-corrected chi connectivity index (χ1v) is 8.33. The molecule has 1 aromatic carbocycles. The number of hydrogen-bond donors (Lipinski definition) is 0. The smallest absolute Gasteiger partial charge is 0.330 e. The zero-order valence-corrected chi connectivity index (χ0v) is 14.4. The average Bonchev–Trinajstić information content (AvgIpc) is 2.57. The van der Waals surface area contributed by atoms with Crippen LogP contribution in [0.4, 0.5) is 0 Å². The summed E-state index contributed by atoms with van der Waals surface area (Å²) < 4.78 is 10.6. The van der Waals surface area contributed by atoms with E-state index in [1.165, 1.54) is 30.7 Å². The molecule has 0 bridgehead atoms. The van der Waals surface area contributed by atoms with E-state index in [1.807, 2.05) is 6.07 Å². The van der Waals surface area contributed by atoms with Crippen LogP contribution in [0.15, 0.2) is 24.3 Å². The molecule has 23 heavy (non-hydrogen) atoms. The van der Waals surface area contributed by atoms with Gasteiger partial charge in [-0.2, -0.15) is 0 Å². The molecule has 1 unspecified atom stereocenters. The fourth-order valence-electron chi connectivity index (χ4n) is 2.96. The predicted molar refractivity (Wildman–Crippen MR) is 92.3 cm³/mol. The van der Waals surface area contributed by atoms with Gasteiger partial charge < -0.3 is 14.4 Å². The molecule has 0 N–H and O–H groups in total. The highest BCUT2D eigenvalue weighted by atomic mass is 16.5. The lowest BCUT2D eigenvalue weighted by atomic mass is 9.93. The molecular weight excluding hydrogens is 290 g/mol. The van der Waals surface area contributed by atoms with Crippen molar-refractivity contribution in [3.63, 3.8) is 0 Å². The lowest BCUT2D eigenvalue weighted by Gasteiger charge is -2.28. The molecular formula is C19H27NO3. The van der Waals surface area contributed by atoms with Crippen LogP contribution in [-0.4, -0.2) is 44.7 Å². The van der Waals surface area contributed by atoms with Crippen molar-refractivity contribution in [1.29, 1.82) is 0 Å². The summed E-state index contributed by atoms with van der Waals surface area (Å²) >= 11 is 0. The van der Waals surface area contributed by atoms with Crippen LogP contribution in [-0.2, 0) is 20.7 Å². The largest absolute Gasteiger partial charge is 0.466 e. The van der Waals surface area contributed by atoms with Crippen LogP contribution >= 0.6 is 0 Å². The molecule has 0 spiro atoms. The van der Waals surface area contributed by atoms with E-state index in [0.717, 1.165) is 38.1 Å². The van der Waals surface area contributed by atoms with Crippen LogP contribution in [0.1, 0.15) is 42.6 Å². The van der Waals surface area contributed by atoms with Gasteiger partial charge in [0.1, 0.15) is 0 Å². The van der Waals surface area contributed by atoms with Crippen LogP contribution < -0.4 is 0 Å². The van der Waals surface area contributed by atoms with Crippen LogP contribution in [0, 0.1) is 0 Å². The molecule has 126 valence electrons. The summed E-state index contributed by atoms with van der Waals surface area (Å²) in [5.41, 5.74) is 3.64. The van der Waals surface area contributed by atoms with Gasteiger partial charge in [0.2, 0.25) is 0 Å². The molecule has 0 aliphatic carbocycles. The zero-order chi connectivity index (χ0) is 16.7. The van der Waals surface area contributed by atoms with Gasteiger partial charge in [-0.15, -0.1) is 0 Å². The summed E-state index contributed by atoms with van der Waals surface area (Å²) in [6.45, 7) is 5.13. The van der Waals surface area contributed by atoms with Crippen molar-refractivity contribution in [2.24, 2.45) is 0 Å². The minimum atomic E-state index is -0.331. The van der Waals surface area contributed by atoms with Gasteiger partial charge in [0.05, 0.1) is 19.8 Å². The first-order valence-electron chi connectivity index (χ1n) is 8.33. The van der Waals surface area contributed by atoms with Gasteiger partial charge in [0, 0.05) is 12.6 Å². The zero-order valence-electron chi connectivity index (χ0n) is 14.4. The maximum absolute atomic E-state index is 11.2. The number of nitrogens with zero attached hydrogens (tertiary/aromatic N) is 1. The third kappa shape index (κ3) is 5.19. The Morgan fingerprint density at radius 3 is 3.00 bits per heavy atom. The minimum absolute atomic E-state index is 0.177. The summed E-state index contributed by atoms with van der Waals surface area (Å²) in [6.07, 6.45) is 6.55. The van der Waals surface area contributed by atoms with E-state index in [9.17, 15) is 4.79 Å². The molecule has 4 nitrogen and oxygen atoms in total. The van der Waals surface area contributed by atoms with Gasteiger partial charge >= 0.3 is 5.97 Å². The maximum atomic E-state index is 11.2. The third-order valence-corrected chi connectivity index (χ3v) is 4.20. The minimum Gasteiger partial charge on any atom is -0.466 e. The summed E-state index contributed by atoms with van der Waals surface area (Å²) in [5.74, 6) is -0.331. The van der Waals surface area contributed by atoms with Gasteiger partial charge in [0.15, 0.2) is 0 Å². The van der Waals surface area contributed by atoms with E-state index in [4.69, 9.17) is 4.74 Å². The van der Waals surface area contributed by atoms with E-state index >= 15 is 0 Å². The lowest BCUT2D eigenvalue weighted by Crippen LogP contribution is -2.25. The average molecular weight is 317 g/mol. The Balaban J connectivity index is 2.04. The number of benzene rings is 1. The molecule has 2 rings (SSSR count). The van der Waals surface area contributed by atoms with Crippen molar-refractivity contribution >= 4 is 12.0 Å². The molecule has 0 saturated carbocycles. The lowest BCUT2D eigenvalue weighted by molar-refractivity contribution is -0.134. The van der Waals surface area contributed by atoms with E-state index in [1.54, 1.807) is 6.08 Å². The van der Waals surface area contributed by atoms with Crippen LogP contribution in [0.3, 0.4) is 0 Å². The molecule has 1 atom stereocenters. The number of fused-ring (bicyclic) bond motifs is 1. The van der Waals surface area contributed by atoms with Crippen molar-refractivity contribution in [1.82, 2.24) is 4.90 Å². The molecule has 0 radical (unpaired) electrons. The van der Waals surface area contributed by atoms with E-state index < -0.39 is 0 Å². The molecule has 1 aromatic rings. The number of esters is 1. The molecule has 0 amide bonds. The van der Waals surface area contributed by atoms with Gasteiger partial charge in [-0.05, 0) is 55.6 Å². The highest BCUT2D eigenvalue weighted by Crippen LogP contribution is 2.30. The second-order valence-electron chi connectivity index (χ2n) is 6.02. The second kappa shape index (κ2) is 8.85. The van der Waals surface area contributed by atoms with Crippen molar-refractivity contribution < 1.29 is 14.3 Å². The summed E-state index contributed by atoms with van der Waals surface area (Å²) in [7, 11) is 3.55. The molecule has 1 aliphatic heterocycles. The summed E-state index contributed by atoms with van der Waals surface area (Å²) in [5, 5.41) is 0. The van der Waals surface area contributed by atoms with E-state index in [0.29, 0.717) is 0 Å². The molecule has 0 saturated heterocycles. The van der Waals surface area contributed by atoms with Crippen molar-refractivity contribution in [2.45, 2.75) is 32.3 Å². The van der Waals surface area contributed by atoms with Gasteiger partial charge in [-0.25, -0.2) is 4.79 Å². The van der Waals surface area contributed by atoms with Gasteiger partial charge in [0.25, 0.3) is 0 Å². The summed E-state index contributed by atoms with van der Waals surface area (Å²) in [6, 6.07) is 6.33. The summed E-state index contributed by atoms with van der Waals surface area (Å²) in [4.78, 5) is 13.5. The quantitative estimate of drug-likeness (QED) is 0.572. The number of hydrogen-bond acceptors (Lipinski definition) is 4. The Morgan fingerprint density at radius 1 is 1.43 bits per heavy atom. The Kier molecular flexibility index (Phi) is 6.81. The predicted octanol–water partition coefficient (Wildman–Crippen LogP) is 3.22. The Morgan fingerprint density at radius 2 is 2.26 bits per heavy atom. The van der Waals surface area contributed by atoms with E-state index in [2.05, 4.69) is 35.7 Å². The molecule has 0 aromatic heterocycles. The highest BCUT2D eigenvalue weighted by molar-refractivity contribution is 5.86. The fraction of sp³-hybridized carbons (Fsp3) is 0.526. The highest BCUT2D eigenvalue weighted by Gasteiger charge is 2.21. The standard InChI is InChI=1S/C19H27NO3/c1-4-11-20(2)12-9-18-17-7-5-15(6-8-19(21)22-3)14-16(17)10-13-23-18/h5-8,14,18H,4,9-13H2,1-3H3/b8-6+. The van der Waals surface area contributed by atoms with Gasteiger partial charge in [-0.3, -0.25) is 0 Å². The van der Waals surface area contributed by atoms with Crippen LogP contribution in [0.2, 0.25) is 0 Å². The molecule has 4 heteroatoms. The number of rotatable bonds is 7. The molecule has 0 fully saturated rings. The topological polar surface area (TPSA) is 38.8 Å². The van der Waals surface area contributed by atoms with Gasteiger partial charge in [-0.1, -0.05) is 25.1 Å². The monoisotopic (exact) mass is 317 g/mol. The third-order valence-electron chi connectivity index (χ3n) is 4.20. The number of carbonyl (C=O) groups excluding carboxylic acids is 1. The fourth-order valence-corrected chi connectivity index (χ4v) is 2.96. The van der Waals surface area contributed by atoms with Crippen molar-refractivity contribution in [3.05, 3.63) is 41.0 Å². The molecule has 1 heterocycles. The van der Waals surface area contributed by atoms with Crippen LogP contribution in [0.5, 0.6) is 0 Å². The second-order valence-corrected chi connectivity index (χ2v) is 6.02. The van der Waals surface area contributed by atoms with Crippen molar-refractivity contribution in [3.8, 4) is 0 Å². The maximum Gasteiger partial charge on any atom is 0.330 e. The number of carbonyl (C=O) groups is 1. The SMILES string of the molecule is CCCN(C)CCC1OCCc2cc(/C=C/C(=O)OC)ccc21. The first kappa shape index (κ1) is 17.7. The van der Waals surface area contributed by atoms with E-state index in [-0.39, 0.29) is 12.1 Å². The molecule has 1 aliphatic rings. The van der Waals surface area contributed by atoms with Crippen LogP contribution in [0.25, 0.3) is 6.08 Å². The first-order chi connectivity index (χ1) is 11.1. The van der Waals surface area contributed by atoms with Crippen molar-refractivity contribution in [2.75, 3.05) is 33.9 Å². The number of methoxy groups -OCH3 is 1.